The summed E-state index contributed by atoms with van der Waals surface area (Å²) in [6.45, 7) is 0. The van der Waals surface area contributed by atoms with Gasteiger partial charge in [0.1, 0.15) is 0 Å². The Morgan fingerprint density at radius 1 is 0.905 bits per heavy atom. The van der Waals surface area contributed by atoms with Gasteiger partial charge in [0.05, 0.1) is 0 Å². The molecule has 0 atom stereocenters. The zero-order valence-corrected chi connectivity index (χ0v) is 12.5. The SMILES string of the molecule is Cn1s/c(=N/c2ccccn2)n(C)/c1=N/c1ccccn1. The van der Waals surface area contributed by atoms with Crippen LogP contribution in [0.25, 0.3) is 0 Å². The summed E-state index contributed by atoms with van der Waals surface area (Å²) in [7, 11) is 3.88. The maximum Gasteiger partial charge on any atom is 0.222 e. The average molecular weight is 298 g/mol. The Kier molecular flexibility index (Phi) is 3.74. The molecule has 0 aromatic carbocycles. The number of rotatable bonds is 2. The number of hydrogen-bond acceptors (Lipinski definition) is 5. The smallest absolute Gasteiger partial charge is 0.222 e. The average Bonchev–Trinajstić information content (AvgIpc) is 2.77. The lowest BCUT2D eigenvalue weighted by Gasteiger charge is -1.94. The van der Waals surface area contributed by atoms with Gasteiger partial charge in [0, 0.05) is 26.5 Å². The first-order valence-electron chi connectivity index (χ1n) is 6.39. The molecular formula is C14H14N6S. The minimum Gasteiger partial charge on any atom is -0.289 e. The molecule has 0 N–H and O–H groups in total. The van der Waals surface area contributed by atoms with Crippen molar-refractivity contribution in [3.63, 3.8) is 0 Å². The van der Waals surface area contributed by atoms with Crippen molar-refractivity contribution in [2.24, 2.45) is 24.1 Å². The van der Waals surface area contributed by atoms with Gasteiger partial charge in [0.25, 0.3) is 0 Å². The van der Waals surface area contributed by atoms with Crippen LogP contribution in [0.2, 0.25) is 0 Å². The third kappa shape index (κ3) is 2.97. The van der Waals surface area contributed by atoms with E-state index in [9.17, 15) is 0 Å². The Hall–Kier alpha value is -2.54. The van der Waals surface area contributed by atoms with Gasteiger partial charge in [-0.15, -0.1) is 0 Å². The molecule has 0 saturated heterocycles. The number of nitrogens with zero attached hydrogens (tertiary/aromatic N) is 6. The van der Waals surface area contributed by atoms with Gasteiger partial charge in [-0.3, -0.25) is 8.52 Å². The minimum atomic E-state index is 0.672. The van der Waals surface area contributed by atoms with Crippen LogP contribution in [0.15, 0.2) is 58.8 Å². The van der Waals surface area contributed by atoms with Crippen molar-refractivity contribution in [1.29, 1.82) is 0 Å². The van der Waals surface area contributed by atoms with E-state index in [0.717, 1.165) is 10.4 Å². The van der Waals surface area contributed by atoms with Gasteiger partial charge in [-0.1, -0.05) is 12.1 Å². The summed E-state index contributed by atoms with van der Waals surface area (Å²) in [6.07, 6.45) is 3.45. The summed E-state index contributed by atoms with van der Waals surface area (Å²) in [5.41, 5.74) is 0.786. The van der Waals surface area contributed by atoms with E-state index < -0.39 is 0 Å². The molecule has 0 unspecified atom stereocenters. The molecule has 3 aromatic rings. The van der Waals surface area contributed by atoms with Crippen LogP contribution in [0, 0.1) is 0 Å². The normalized spacial score (nSPS) is 12.9. The second kappa shape index (κ2) is 5.84. The standard InChI is InChI=1S/C14H14N6S/c1-19-13(17-11-7-3-5-9-15-11)20(2)21-14(19)18-12-8-4-6-10-16-12/h3-10H,1-2H3/b17-13-,18-14+. The van der Waals surface area contributed by atoms with Gasteiger partial charge in [-0.05, 0) is 35.8 Å². The molecule has 3 rings (SSSR count). The van der Waals surface area contributed by atoms with Crippen LogP contribution in [0.5, 0.6) is 0 Å². The van der Waals surface area contributed by atoms with Crippen LogP contribution >= 0.6 is 11.5 Å². The van der Waals surface area contributed by atoms with Crippen molar-refractivity contribution in [2.75, 3.05) is 0 Å². The Morgan fingerprint density at radius 3 is 2.10 bits per heavy atom. The molecule has 106 valence electrons. The summed E-state index contributed by atoms with van der Waals surface area (Å²) in [6, 6.07) is 11.3. The largest absolute Gasteiger partial charge is 0.289 e. The van der Waals surface area contributed by atoms with Gasteiger partial charge in [-0.2, -0.15) is 9.98 Å². The first-order valence-corrected chi connectivity index (χ1v) is 7.16. The molecule has 0 amide bonds. The van der Waals surface area contributed by atoms with E-state index in [1.807, 2.05) is 59.0 Å². The number of pyridine rings is 2. The molecule has 6 nitrogen and oxygen atoms in total. The first kappa shape index (κ1) is 13.4. The zero-order valence-electron chi connectivity index (χ0n) is 11.7. The maximum atomic E-state index is 4.55. The molecule has 0 aliphatic heterocycles. The van der Waals surface area contributed by atoms with Crippen molar-refractivity contribution in [2.45, 2.75) is 0 Å². The van der Waals surface area contributed by atoms with Crippen LogP contribution in [0.4, 0.5) is 11.6 Å². The number of hydrogen-bond donors (Lipinski definition) is 0. The quantitative estimate of drug-likeness (QED) is 0.722. The lowest BCUT2D eigenvalue weighted by atomic mass is 10.5. The molecule has 0 aliphatic rings. The molecule has 21 heavy (non-hydrogen) atoms. The second-order valence-corrected chi connectivity index (χ2v) is 5.43. The molecule has 0 fully saturated rings. The molecule has 0 saturated carbocycles. The van der Waals surface area contributed by atoms with Gasteiger partial charge in [0.15, 0.2) is 11.6 Å². The van der Waals surface area contributed by atoms with Crippen molar-refractivity contribution in [3.8, 4) is 0 Å². The van der Waals surface area contributed by atoms with Crippen LogP contribution in [-0.4, -0.2) is 18.5 Å². The van der Waals surface area contributed by atoms with E-state index in [2.05, 4.69) is 20.0 Å². The fourth-order valence-electron chi connectivity index (χ4n) is 1.80. The Bertz CT molecular complexity index is 858. The number of aryl methyl sites for hydroxylation is 1. The molecular weight excluding hydrogens is 284 g/mol. The highest BCUT2D eigenvalue weighted by atomic mass is 32.1. The molecule has 0 bridgehead atoms. The molecule has 3 aromatic heterocycles. The van der Waals surface area contributed by atoms with E-state index in [1.54, 1.807) is 12.4 Å². The Morgan fingerprint density at radius 2 is 1.52 bits per heavy atom. The van der Waals surface area contributed by atoms with Crippen molar-refractivity contribution < 1.29 is 0 Å². The number of aromatic nitrogens is 4. The zero-order chi connectivity index (χ0) is 14.7. The highest BCUT2D eigenvalue weighted by Crippen LogP contribution is 2.04. The van der Waals surface area contributed by atoms with Crippen LogP contribution in [-0.2, 0) is 14.1 Å². The van der Waals surface area contributed by atoms with Gasteiger partial charge in [-0.25, -0.2) is 9.97 Å². The third-order valence-corrected chi connectivity index (χ3v) is 3.78. The van der Waals surface area contributed by atoms with E-state index in [1.165, 1.54) is 11.5 Å². The molecule has 0 spiro atoms. The Labute approximate surface area is 125 Å². The van der Waals surface area contributed by atoms with Crippen molar-refractivity contribution >= 4 is 23.2 Å². The molecule has 3 heterocycles. The van der Waals surface area contributed by atoms with E-state index in [-0.39, 0.29) is 0 Å². The summed E-state index contributed by atoms with van der Waals surface area (Å²) >= 11 is 1.51. The predicted molar refractivity (Wildman–Crippen MR) is 81.2 cm³/mol. The predicted octanol–water partition coefficient (Wildman–Crippen LogP) is 1.68. The van der Waals surface area contributed by atoms with Crippen molar-refractivity contribution in [1.82, 2.24) is 18.5 Å². The second-order valence-electron chi connectivity index (χ2n) is 4.33. The van der Waals surface area contributed by atoms with Gasteiger partial charge < -0.3 is 0 Å². The summed E-state index contributed by atoms with van der Waals surface area (Å²) in [5, 5.41) is 0. The molecule has 0 radical (unpaired) electrons. The first-order chi connectivity index (χ1) is 10.2. The third-order valence-electron chi connectivity index (χ3n) is 2.81. The monoisotopic (exact) mass is 298 g/mol. The van der Waals surface area contributed by atoms with Crippen LogP contribution in [0.1, 0.15) is 0 Å². The van der Waals surface area contributed by atoms with Crippen molar-refractivity contribution in [3.05, 3.63) is 59.2 Å². The van der Waals surface area contributed by atoms with E-state index >= 15 is 0 Å². The van der Waals surface area contributed by atoms with Gasteiger partial charge >= 0.3 is 0 Å². The van der Waals surface area contributed by atoms with E-state index in [4.69, 9.17) is 0 Å². The molecule has 7 heteroatoms. The summed E-state index contributed by atoms with van der Waals surface area (Å²) < 4.78 is 3.88. The fraction of sp³-hybridized carbons (Fsp3) is 0.143. The van der Waals surface area contributed by atoms with Gasteiger partial charge in [0.2, 0.25) is 10.4 Å². The Balaban J connectivity index is 2.14. The summed E-state index contributed by atoms with van der Waals surface area (Å²) in [5.74, 6) is 1.35. The fourth-order valence-corrected chi connectivity index (χ4v) is 2.63. The van der Waals surface area contributed by atoms with Crippen LogP contribution < -0.4 is 10.4 Å². The lowest BCUT2D eigenvalue weighted by molar-refractivity contribution is 0.735. The topological polar surface area (TPSA) is 60.4 Å². The minimum absolute atomic E-state index is 0.672. The van der Waals surface area contributed by atoms with E-state index in [0.29, 0.717) is 11.6 Å². The maximum absolute atomic E-state index is 4.55. The highest BCUT2D eigenvalue weighted by molar-refractivity contribution is 7.03. The lowest BCUT2D eigenvalue weighted by Crippen LogP contribution is -2.26. The molecule has 0 aliphatic carbocycles. The summed E-state index contributed by atoms with van der Waals surface area (Å²) in [4.78, 5) is 18.3. The highest BCUT2D eigenvalue weighted by Gasteiger charge is 2.01. The van der Waals surface area contributed by atoms with Crippen LogP contribution in [0.3, 0.4) is 0 Å².